The molecule has 0 aliphatic carbocycles. The molecule has 0 aliphatic heterocycles. The highest BCUT2D eigenvalue weighted by Gasteiger charge is 2.11. The fourth-order valence-electron chi connectivity index (χ4n) is 1.66. The monoisotopic (exact) mass is 281 g/mol. The van der Waals surface area contributed by atoms with Crippen LogP contribution < -0.4 is 10.1 Å². The molecule has 0 radical (unpaired) electrons. The third-order valence-electron chi connectivity index (χ3n) is 2.68. The highest BCUT2D eigenvalue weighted by molar-refractivity contribution is 6.04. The van der Waals surface area contributed by atoms with Crippen molar-refractivity contribution in [3.63, 3.8) is 0 Å². The minimum absolute atomic E-state index is 0.00679. The van der Waals surface area contributed by atoms with Crippen LogP contribution in [-0.4, -0.2) is 22.7 Å². The highest BCUT2D eigenvalue weighted by Crippen LogP contribution is 2.17. The summed E-state index contributed by atoms with van der Waals surface area (Å²) in [5.74, 6) is 0.185. The van der Waals surface area contributed by atoms with Gasteiger partial charge < -0.3 is 10.1 Å². The van der Waals surface area contributed by atoms with Crippen molar-refractivity contribution in [3.05, 3.63) is 41.6 Å². The Morgan fingerprint density at radius 3 is 2.70 bits per heavy atom. The number of hydrogen-bond acceptors (Lipinski definition) is 3. The summed E-state index contributed by atoms with van der Waals surface area (Å²) in [5.41, 5.74) is 1.22. The molecular formula is C13H13F2N3O2. The Morgan fingerprint density at radius 1 is 1.40 bits per heavy atom. The van der Waals surface area contributed by atoms with Gasteiger partial charge in [0.05, 0.1) is 6.20 Å². The van der Waals surface area contributed by atoms with Gasteiger partial charge >= 0.3 is 6.61 Å². The topological polar surface area (TPSA) is 67.0 Å². The molecule has 0 saturated heterocycles. The summed E-state index contributed by atoms with van der Waals surface area (Å²) < 4.78 is 28.2. The van der Waals surface area contributed by atoms with Crippen LogP contribution in [-0.2, 0) is 6.42 Å². The number of aromatic nitrogens is 2. The Balaban J connectivity index is 2.06. The number of carbonyl (C=O) groups excluding carboxylic acids is 1. The molecule has 1 aromatic carbocycles. The van der Waals surface area contributed by atoms with Crippen LogP contribution in [0.1, 0.15) is 22.8 Å². The summed E-state index contributed by atoms with van der Waals surface area (Å²) in [6.07, 6.45) is 2.36. The number of ether oxygens (including phenoxy) is 1. The van der Waals surface area contributed by atoms with Gasteiger partial charge in [-0.2, -0.15) is 13.9 Å². The first kappa shape index (κ1) is 14.0. The normalized spacial score (nSPS) is 10.6. The van der Waals surface area contributed by atoms with E-state index in [0.29, 0.717) is 11.4 Å². The molecule has 0 spiro atoms. The largest absolute Gasteiger partial charge is 0.435 e. The van der Waals surface area contributed by atoms with E-state index in [0.717, 1.165) is 12.0 Å². The predicted octanol–water partition coefficient (Wildman–Crippen LogP) is 2.83. The van der Waals surface area contributed by atoms with Crippen LogP contribution in [0.4, 0.5) is 14.6 Å². The van der Waals surface area contributed by atoms with Crippen LogP contribution in [0.5, 0.6) is 5.75 Å². The van der Waals surface area contributed by atoms with Crippen molar-refractivity contribution in [2.45, 2.75) is 20.0 Å². The lowest BCUT2D eigenvalue weighted by molar-refractivity contribution is -0.0498. The molecule has 0 aliphatic rings. The molecule has 0 atom stereocenters. The van der Waals surface area contributed by atoms with Crippen molar-refractivity contribution in [2.24, 2.45) is 0 Å². The second-order valence-corrected chi connectivity index (χ2v) is 3.98. The van der Waals surface area contributed by atoms with E-state index < -0.39 is 6.61 Å². The first-order valence-corrected chi connectivity index (χ1v) is 5.98. The number of halogens is 2. The van der Waals surface area contributed by atoms with Crippen LogP contribution in [0.15, 0.2) is 30.5 Å². The highest BCUT2D eigenvalue weighted by atomic mass is 19.3. The average Bonchev–Trinajstić information content (AvgIpc) is 2.86. The molecule has 0 fully saturated rings. The zero-order chi connectivity index (χ0) is 14.5. The Kier molecular flexibility index (Phi) is 4.29. The molecule has 2 aromatic rings. The number of H-pyrrole nitrogens is 1. The van der Waals surface area contributed by atoms with Crippen LogP contribution in [0.3, 0.4) is 0 Å². The van der Waals surface area contributed by atoms with Crippen molar-refractivity contribution in [1.29, 1.82) is 0 Å². The summed E-state index contributed by atoms with van der Waals surface area (Å²) in [4.78, 5) is 12.0. The fraction of sp³-hybridized carbons (Fsp3) is 0.231. The smallest absolute Gasteiger partial charge is 0.387 e. The molecule has 106 valence electrons. The number of nitrogens with one attached hydrogen (secondary N) is 2. The van der Waals surface area contributed by atoms with Crippen molar-refractivity contribution < 1.29 is 18.3 Å². The van der Waals surface area contributed by atoms with E-state index in [-0.39, 0.29) is 11.7 Å². The Morgan fingerprint density at radius 2 is 2.10 bits per heavy atom. The number of carbonyl (C=O) groups is 1. The zero-order valence-electron chi connectivity index (χ0n) is 10.7. The summed E-state index contributed by atoms with van der Waals surface area (Å²) in [6.45, 7) is -0.941. The van der Waals surface area contributed by atoms with Gasteiger partial charge in [-0.1, -0.05) is 6.92 Å². The predicted molar refractivity (Wildman–Crippen MR) is 69.0 cm³/mol. The van der Waals surface area contributed by atoms with E-state index in [1.807, 2.05) is 6.92 Å². The second-order valence-electron chi connectivity index (χ2n) is 3.98. The molecule has 5 nitrogen and oxygen atoms in total. The number of rotatable bonds is 5. The molecule has 2 N–H and O–H groups in total. The van der Waals surface area contributed by atoms with Gasteiger partial charge in [-0.05, 0) is 30.7 Å². The lowest BCUT2D eigenvalue weighted by atomic mass is 10.2. The van der Waals surface area contributed by atoms with Gasteiger partial charge in [-0.25, -0.2) is 0 Å². The molecule has 0 bridgehead atoms. The molecule has 0 saturated carbocycles. The molecule has 1 amide bonds. The number of amides is 1. The van der Waals surface area contributed by atoms with Crippen LogP contribution in [0, 0.1) is 0 Å². The zero-order valence-corrected chi connectivity index (χ0v) is 10.7. The summed E-state index contributed by atoms with van der Waals surface area (Å²) in [6, 6.07) is 5.45. The Hall–Kier alpha value is -2.44. The summed E-state index contributed by atoms with van der Waals surface area (Å²) in [7, 11) is 0. The third-order valence-corrected chi connectivity index (χ3v) is 2.68. The van der Waals surface area contributed by atoms with Crippen molar-refractivity contribution in [3.8, 4) is 5.75 Å². The average molecular weight is 281 g/mol. The number of anilines is 1. The molecule has 1 aromatic heterocycles. The minimum Gasteiger partial charge on any atom is -0.435 e. The SMILES string of the molecule is CCc1cn[nH]c1NC(=O)c1ccc(OC(F)F)cc1. The number of alkyl halides is 2. The molecule has 1 heterocycles. The second kappa shape index (κ2) is 6.14. The third kappa shape index (κ3) is 3.31. The summed E-state index contributed by atoms with van der Waals surface area (Å²) >= 11 is 0. The molecule has 0 unspecified atom stereocenters. The van der Waals surface area contributed by atoms with Gasteiger partial charge in [-0.15, -0.1) is 0 Å². The molecular weight excluding hydrogens is 268 g/mol. The van der Waals surface area contributed by atoms with Gasteiger partial charge in [0.2, 0.25) is 0 Å². The lowest BCUT2D eigenvalue weighted by Crippen LogP contribution is -2.13. The number of aryl methyl sites for hydroxylation is 1. The van der Waals surface area contributed by atoms with Gasteiger partial charge in [0, 0.05) is 11.1 Å². The van der Waals surface area contributed by atoms with Crippen LogP contribution in [0.25, 0.3) is 0 Å². The minimum atomic E-state index is -2.88. The van der Waals surface area contributed by atoms with E-state index in [1.54, 1.807) is 6.20 Å². The number of aromatic amines is 1. The van der Waals surface area contributed by atoms with E-state index in [9.17, 15) is 13.6 Å². The maximum absolute atomic E-state index is 12.0. The van der Waals surface area contributed by atoms with Gasteiger partial charge in [0.15, 0.2) is 0 Å². The molecule has 20 heavy (non-hydrogen) atoms. The quantitative estimate of drug-likeness (QED) is 0.885. The first-order chi connectivity index (χ1) is 9.60. The fourth-order valence-corrected chi connectivity index (χ4v) is 1.66. The van der Waals surface area contributed by atoms with E-state index in [4.69, 9.17) is 0 Å². The van der Waals surface area contributed by atoms with E-state index in [2.05, 4.69) is 20.3 Å². The van der Waals surface area contributed by atoms with Gasteiger partial charge in [0.25, 0.3) is 5.91 Å². The van der Waals surface area contributed by atoms with Crippen LogP contribution in [0.2, 0.25) is 0 Å². The molecule has 7 heteroatoms. The molecule has 2 rings (SSSR count). The van der Waals surface area contributed by atoms with Crippen molar-refractivity contribution in [1.82, 2.24) is 10.2 Å². The summed E-state index contributed by atoms with van der Waals surface area (Å²) in [5, 5.41) is 9.20. The van der Waals surface area contributed by atoms with Gasteiger partial charge in [0.1, 0.15) is 11.6 Å². The Bertz CT molecular complexity index is 582. The maximum atomic E-state index is 12.0. The number of hydrogen-bond donors (Lipinski definition) is 2. The maximum Gasteiger partial charge on any atom is 0.387 e. The van der Waals surface area contributed by atoms with Crippen molar-refractivity contribution >= 4 is 11.7 Å². The first-order valence-electron chi connectivity index (χ1n) is 5.98. The number of nitrogens with zero attached hydrogens (tertiary/aromatic N) is 1. The van der Waals surface area contributed by atoms with Crippen LogP contribution >= 0.6 is 0 Å². The Labute approximate surface area is 114 Å². The van der Waals surface area contributed by atoms with E-state index in [1.165, 1.54) is 24.3 Å². The van der Waals surface area contributed by atoms with Crippen molar-refractivity contribution in [2.75, 3.05) is 5.32 Å². The standard InChI is InChI=1S/C13H13F2N3O2/c1-2-8-7-16-18-11(8)17-12(19)9-3-5-10(6-4-9)20-13(14)15/h3-7,13H,2H2,1H3,(H2,16,17,18,19). The lowest BCUT2D eigenvalue weighted by Gasteiger charge is -2.07. The van der Waals surface area contributed by atoms with E-state index >= 15 is 0 Å². The van der Waals surface area contributed by atoms with Gasteiger partial charge in [-0.3, -0.25) is 9.89 Å². The number of benzene rings is 1.